The van der Waals surface area contributed by atoms with E-state index in [4.69, 9.17) is 4.74 Å². The molecule has 4 nitrogen and oxygen atoms in total. The summed E-state index contributed by atoms with van der Waals surface area (Å²) in [5.74, 6) is 0.413. The molecule has 2 aromatic rings. The minimum Gasteiger partial charge on any atom is -0.468 e. The molecular weight excluding hydrogens is 280 g/mol. The number of ether oxygens (including phenoxy) is 2. The van der Waals surface area contributed by atoms with Crippen molar-refractivity contribution in [3.05, 3.63) is 66.2 Å². The minimum atomic E-state index is -0.198. The standard InChI is InChI=1S/2C9H10O2/c1-2-9(10)11-8-6-4-3-5-7-8;10-8-11-7-6-9-4-2-1-3-5-9/h3-7H,2H2,1H3;1-5,8H,6-7H2. The van der Waals surface area contributed by atoms with Crippen LogP contribution < -0.4 is 4.74 Å². The lowest BCUT2D eigenvalue weighted by molar-refractivity contribution is -0.134. The molecule has 0 aliphatic rings. The van der Waals surface area contributed by atoms with Gasteiger partial charge < -0.3 is 9.47 Å². The highest BCUT2D eigenvalue weighted by Crippen LogP contribution is 2.08. The molecule has 0 heterocycles. The lowest BCUT2D eigenvalue weighted by Crippen LogP contribution is -2.04. The zero-order chi connectivity index (χ0) is 16.0. The molecule has 0 unspecified atom stereocenters. The quantitative estimate of drug-likeness (QED) is 0.355. The van der Waals surface area contributed by atoms with E-state index >= 15 is 0 Å². The van der Waals surface area contributed by atoms with Gasteiger partial charge in [-0.2, -0.15) is 0 Å². The summed E-state index contributed by atoms with van der Waals surface area (Å²) in [6, 6.07) is 19.0. The second-order valence-corrected chi connectivity index (χ2v) is 4.34. The van der Waals surface area contributed by atoms with Crippen molar-refractivity contribution >= 4 is 12.4 Å². The molecule has 0 spiro atoms. The van der Waals surface area contributed by atoms with Crippen LogP contribution >= 0.6 is 0 Å². The Bertz CT molecular complexity index is 538. The van der Waals surface area contributed by atoms with Crippen LogP contribution in [0.5, 0.6) is 5.75 Å². The van der Waals surface area contributed by atoms with Crippen LogP contribution in [0.25, 0.3) is 0 Å². The topological polar surface area (TPSA) is 52.6 Å². The van der Waals surface area contributed by atoms with Gasteiger partial charge in [0.25, 0.3) is 6.47 Å². The summed E-state index contributed by atoms with van der Waals surface area (Å²) in [5.41, 5.74) is 1.19. The van der Waals surface area contributed by atoms with Gasteiger partial charge in [0.1, 0.15) is 5.75 Å². The summed E-state index contributed by atoms with van der Waals surface area (Å²) in [6.45, 7) is 2.71. The lowest BCUT2D eigenvalue weighted by atomic mass is 10.2. The van der Waals surface area contributed by atoms with Gasteiger partial charge in [0.2, 0.25) is 0 Å². The number of hydrogen-bond acceptors (Lipinski definition) is 4. The Morgan fingerprint density at radius 2 is 1.59 bits per heavy atom. The molecule has 4 heteroatoms. The molecule has 22 heavy (non-hydrogen) atoms. The Hall–Kier alpha value is -2.62. The van der Waals surface area contributed by atoms with Crippen molar-refractivity contribution in [3.63, 3.8) is 0 Å². The van der Waals surface area contributed by atoms with E-state index in [1.54, 1.807) is 19.1 Å². The molecule has 0 saturated heterocycles. The van der Waals surface area contributed by atoms with Gasteiger partial charge in [0, 0.05) is 12.8 Å². The fourth-order valence-corrected chi connectivity index (χ4v) is 1.56. The Kier molecular flexibility index (Phi) is 8.78. The van der Waals surface area contributed by atoms with E-state index in [2.05, 4.69) is 4.74 Å². The maximum Gasteiger partial charge on any atom is 0.310 e. The van der Waals surface area contributed by atoms with Crippen molar-refractivity contribution in [3.8, 4) is 5.75 Å². The highest BCUT2D eigenvalue weighted by molar-refractivity contribution is 5.71. The van der Waals surface area contributed by atoms with E-state index in [1.807, 2.05) is 48.5 Å². The second-order valence-electron chi connectivity index (χ2n) is 4.34. The van der Waals surface area contributed by atoms with Gasteiger partial charge in [0.15, 0.2) is 0 Å². The Balaban J connectivity index is 0.000000220. The number of carbonyl (C=O) groups excluding carboxylic acids is 2. The third kappa shape index (κ3) is 7.85. The SMILES string of the molecule is CCC(=O)Oc1ccccc1.O=COCCc1ccccc1. The molecule has 0 fully saturated rings. The van der Waals surface area contributed by atoms with Gasteiger partial charge in [-0.05, 0) is 17.7 Å². The number of rotatable bonds is 6. The van der Waals surface area contributed by atoms with Crippen molar-refractivity contribution < 1.29 is 19.1 Å². The van der Waals surface area contributed by atoms with E-state index < -0.39 is 0 Å². The highest BCUT2D eigenvalue weighted by atomic mass is 16.5. The summed E-state index contributed by atoms with van der Waals surface area (Å²) >= 11 is 0. The van der Waals surface area contributed by atoms with Crippen molar-refractivity contribution in [2.75, 3.05) is 6.61 Å². The van der Waals surface area contributed by atoms with Crippen LogP contribution in [0.1, 0.15) is 18.9 Å². The molecule has 0 N–H and O–H groups in total. The summed E-state index contributed by atoms with van der Waals surface area (Å²) in [5, 5.41) is 0. The van der Waals surface area contributed by atoms with E-state index in [-0.39, 0.29) is 5.97 Å². The largest absolute Gasteiger partial charge is 0.468 e. The van der Waals surface area contributed by atoms with Crippen molar-refractivity contribution in [1.82, 2.24) is 0 Å². The van der Waals surface area contributed by atoms with Crippen LogP contribution in [-0.4, -0.2) is 19.0 Å². The van der Waals surface area contributed by atoms with Crippen molar-refractivity contribution in [2.45, 2.75) is 19.8 Å². The Labute approximate surface area is 130 Å². The van der Waals surface area contributed by atoms with Crippen LogP contribution in [0.3, 0.4) is 0 Å². The average Bonchev–Trinajstić information content (AvgIpc) is 2.57. The number of para-hydroxylation sites is 1. The molecule has 2 aromatic carbocycles. The summed E-state index contributed by atoms with van der Waals surface area (Å²) in [4.78, 5) is 20.5. The van der Waals surface area contributed by atoms with Gasteiger partial charge in [-0.3, -0.25) is 9.59 Å². The predicted molar refractivity (Wildman–Crippen MR) is 84.5 cm³/mol. The van der Waals surface area contributed by atoms with Crippen LogP contribution in [0, 0.1) is 0 Å². The first-order chi connectivity index (χ1) is 10.8. The van der Waals surface area contributed by atoms with Gasteiger partial charge in [-0.15, -0.1) is 0 Å². The molecule has 0 aliphatic heterocycles. The molecule has 116 valence electrons. The molecule has 0 atom stereocenters. The molecule has 2 rings (SSSR count). The number of benzene rings is 2. The zero-order valence-electron chi connectivity index (χ0n) is 12.6. The lowest BCUT2D eigenvalue weighted by Gasteiger charge is -1.99. The van der Waals surface area contributed by atoms with E-state index in [0.29, 0.717) is 25.2 Å². The number of carbonyl (C=O) groups is 2. The smallest absolute Gasteiger partial charge is 0.310 e. The first kappa shape index (κ1) is 17.4. The van der Waals surface area contributed by atoms with Gasteiger partial charge >= 0.3 is 5.97 Å². The van der Waals surface area contributed by atoms with E-state index in [1.165, 1.54) is 5.56 Å². The molecule has 0 bridgehead atoms. The van der Waals surface area contributed by atoms with Gasteiger partial charge in [-0.1, -0.05) is 55.5 Å². The third-order valence-electron chi connectivity index (χ3n) is 2.68. The third-order valence-corrected chi connectivity index (χ3v) is 2.68. The second kappa shape index (κ2) is 11.1. The Morgan fingerprint density at radius 3 is 2.14 bits per heavy atom. The molecule has 0 radical (unpaired) electrons. The number of esters is 1. The van der Waals surface area contributed by atoms with E-state index in [9.17, 15) is 9.59 Å². The average molecular weight is 300 g/mol. The highest BCUT2D eigenvalue weighted by Gasteiger charge is 1.98. The summed E-state index contributed by atoms with van der Waals surface area (Å²) < 4.78 is 9.48. The van der Waals surface area contributed by atoms with Crippen molar-refractivity contribution in [1.29, 1.82) is 0 Å². The van der Waals surface area contributed by atoms with Crippen LogP contribution in [-0.2, 0) is 20.7 Å². The maximum absolute atomic E-state index is 10.8. The van der Waals surface area contributed by atoms with Gasteiger partial charge in [0.05, 0.1) is 6.61 Å². The Morgan fingerprint density at radius 1 is 1.00 bits per heavy atom. The first-order valence-electron chi connectivity index (χ1n) is 7.11. The van der Waals surface area contributed by atoms with Gasteiger partial charge in [-0.25, -0.2) is 0 Å². The molecule has 0 aliphatic carbocycles. The molecule has 0 amide bonds. The van der Waals surface area contributed by atoms with Crippen LogP contribution in [0.15, 0.2) is 60.7 Å². The molecular formula is C18H20O4. The zero-order valence-corrected chi connectivity index (χ0v) is 12.6. The fraction of sp³-hybridized carbons (Fsp3) is 0.222. The predicted octanol–water partition coefficient (Wildman–Crippen LogP) is 3.40. The monoisotopic (exact) mass is 300 g/mol. The maximum atomic E-state index is 10.8. The van der Waals surface area contributed by atoms with Crippen molar-refractivity contribution in [2.24, 2.45) is 0 Å². The van der Waals surface area contributed by atoms with Crippen LogP contribution in [0.4, 0.5) is 0 Å². The summed E-state index contributed by atoms with van der Waals surface area (Å²) in [6.07, 6.45) is 1.20. The minimum absolute atomic E-state index is 0.198. The van der Waals surface area contributed by atoms with Crippen LogP contribution in [0.2, 0.25) is 0 Å². The number of hydrogen-bond donors (Lipinski definition) is 0. The molecule has 0 saturated carbocycles. The molecule has 0 aromatic heterocycles. The normalized spacial score (nSPS) is 9.14. The first-order valence-corrected chi connectivity index (χ1v) is 7.11. The van der Waals surface area contributed by atoms with E-state index in [0.717, 1.165) is 6.42 Å². The summed E-state index contributed by atoms with van der Waals surface area (Å²) in [7, 11) is 0. The fourth-order valence-electron chi connectivity index (χ4n) is 1.56.